The highest BCUT2D eigenvalue weighted by molar-refractivity contribution is 6.31. The fourth-order valence-corrected chi connectivity index (χ4v) is 2.77. The number of halogens is 1. The fourth-order valence-electron chi connectivity index (χ4n) is 2.60. The molecule has 0 spiro atoms. The van der Waals surface area contributed by atoms with Crippen LogP contribution in [-0.4, -0.2) is 16.5 Å². The van der Waals surface area contributed by atoms with E-state index >= 15 is 0 Å². The molecule has 0 aliphatic rings. The van der Waals surface area contributed by atoms with Crippen LogP contribution in [0.15, 0.2) is 47.6 Å². The second kappa shape index (κ2) is 9.39. The Hall–Kier alpha value is -2.33. The highest BCUT2D eigenvalue weighted by Gasteiger charge is 2.09. The molecule has 0 aliphatic carbocycles. The molecule has 0 aliphatic heterocycles. The summed E-state index contributed by atoms with van der Waals surface area (Å²) in [6, 6.07) is 7.67. The second-order valence-electron chi connectivity index (χ2n) is 6.66. The van der Waals surface area contributed by atoms with E-state index in [-0.39, 0.29) is 5.95 Å². The largest absolute Gasteiger partial charge is 0.368 e. The van der Waals surface area contributed by atoms with Crippen LogP contribution >= 0.6 is 11.6 Å². The molecule has 1 heterocycles. The zero-order chi connectivity index (χ0) is 19.1. The molecule has 5 heteroatoms. The van der Waals surface area contributed by atoms with Crippen molar-refractivity contribution in [3.05, 3.63) is 58.1 Å². The van der Waals surface area contributed by atoms with Gasteiger partial charge in [-0.05, 0) is 52.2 Å². The van der Waals surface area contributed by atoms with Crippen molar-refractivity contribution in [2.24, 2.45) is 0 Å². The lowest BCUT2D eigenvalue weighted by Crippen LogP contribution is -2.05. The maximum Gasteiger partial charge on any atom is 0.222 e. The van der Waals surface area contributed by atoms with Gasteiger partial charge in [-0.1, -0.05) is 47.0 Å². The molecule has 0 bridgehead atoms. The quantitative estimate of drug-likeness (QED) is 0.605. The van der Waals surface area contributed by atoms with E-state index in [0.717, 1.165) is 29.7 Å². The number of anilines is 2. The predicted molar refractivity (Wildman–Crippen MR) is 113 cm³/mol. The van der Waals surface area contributed by atoms with Crippen LogP contribution < -0.4 is 11.1 Å². The van der Waals surface area contributed by atoms with Gasteiger partial charge in [0.1, 0.15) is 5.82 Å². The summed E-state index contributed by atoms with van der Waals surface area (Å²) in [6.45, 7) is 9.07. The van der Waals surface area contributed by atoms with E-state index in [2.05, 4.69) is 48.2 Å². The highest BCUT2D eigenvalue weighted by Crippen LogP contribution is 2.28. The Morgan fingerprint density at radius 3 is 2.69 bits per heavy atom. The standard InChI is InChI=1S/C21H27ClN4/c1-14(2)7-5-8-15(3)11-12-24-20-13-19(25-21(23)26-20)17-9-6-10-18(22)16(17)4/h6-7,9-11,13H,5,8,12H2,1-4H3,(H3,23,24,25,26). The lowest BCUT2D eigenvalue weighted by molar-refractivity contribution is 0.959. The Balaban J connectivity index is 2.08. The van der Waals surface area contributed by atoms with E-state index in [4.69, 9.17) is 17.3 Å². The zero-order valence-electron chi connectivity index (χ0n) is 15.9. The second-order valence-corrected chi connectivity index (χ2v) is 7.07. The van der Waals surface area contributed by atoms with Crippen molar-refractivity contribution in [3.8, 4) is 11.3 Å². The van der Waals surface area contributed by atoms with Gasteiger partial charge in [0, 0.05) is 23.2 Å². The van der Waals surface area contributed by atoms with Gasteiger partial charge in [-0.3, -0.25) is 0 Å². The molecule has 0 amide bonds. The molecular weight excluding hydrogens is 344 g/mol. The van der Waals surface area contributed by atoms with Crippen LogP contribution in [0.3, 0.4) is 0 Å². The summed E-state index contributed by atoms with van der Waals surface area (Å²) in [7, 11) is 0. The number of aromatic nitrogens is 2. The van der Waals surface area contributed by atoms with Crippen molar-refractivity contribution in [1.29, 1.82) is 0 Å². The lowest BCUT2D eigenvalue weighted by atomic mass is 10.1. The topological polar surface area (TPSA) is 63.8 Å². The first-order chi connectivity index (χ1) is 12.4. The van der Waals surface area contributed by atoms with Gasteiger partial charge in [-0.25, -0.2) is 4.98 Å². The highest BCUT2D eigenvalue weighted by atomic mass is 35.5. The Bertz CT molecular complexity index is 821. The summed E-state index contributed by atoms with van der Waals surface area (Å²) >= 11 is 6.22. The van der Waals surface area contributed by atoms with E-state index in [1.165, 1.54) is 11.1 Å². The molecule has 0 atom stereocenters. The first kappa shape index (κ1) is 20.0. The molecule has 1 aromatic carbocycles. The Kier molecular flexibility index (Phi) is 7.22. The Morgan fingerprint density at radius 1 is 1.19 bits per heavy atom. The SMILES string of the molecule is CC(C)=CCCC(C)=CCNc1cc(-c2cccc(Cl)c2C)nc(N)n1. The van der Waals surface area contributed by atoms with Crippen LogP contribution in [0, 0.1) is 6.92 Å². The van der Waals surface area contributed by atoms with E-state index < -0.39 is 0 Å². The summed E-state index contributed by atoms with van der Waals surface area (Å²) in [6.07, 6.45) is 6.58. The van der Waals surface area contributed by atoms with Gasteiger partial charge in [-0.2, -0.15) is 4.98 Å². The Labute approximate surface area is 161 Å². The van der Waals surface area contributed by atoms with Gasteiger partial charge >= 0.3 is 0 Å². The predicted octanol–water partition coefficient (Wildman–Crippen LogP) is 5.79. The van der Waals surface area contributed by atoms with Crippen LogP contribution in [-0.2, 0) is 0 Å². The number of nitrogens with two attached hydrogens (primary N) is 1. The molecule has 138 valence electrons. The van der Waals surface area contributed by atoms with Crippen molar-refractivity contribution >= 4 is 23.4 Å². The molecule has 2 rings (SSSR count). The van der Waals surface area contributed by atoms with Gasteiger partial charge in [0.25, 0.3) is 0 Å². The monoisotopic (exact) mass is 370 g/mol. The summed E-state index contributed by atoms with van der Waals surface area (Å²) in [4.78, 5) is 8.63. The lowest BCUT2D eigenvalue weighted by Gasteiger charge is -2.10. The number of hydrogen-bond acceptors (Lipinski definition) is 4. The number of nitrogens with zero attached hydrogens (tertiary/aromatic N) is 2. The van der Waals surface area contributed by atoms with E-state index in [9.17, 15) is 0 Å². The van der Waals surface area contributed by atoms with Crippen LogP contribution in [0.25, 0.3) is 11.3 Å². The zero-order valence-corrected chi connectivity index (χ0v) is 16.7. The van der Waals surface area contributed by atoms with E-state index in [1.807, 2.05) is 31.2 Å². The maximum atomic E-state index is 6.22. The smallest absolute Gasteiger partial charge is 0.222 e. The maximum absolute atomic E-state index is 6.22. The number of benzene rings is 1. The van der Waals surface area contributed by atoms with E-state index in [1.54, 1.807) is 0 Å². The molecule has 0 saturated heterocycles. The third-order valence-electron chi connectivity index (χ3n) is 4.11. The average Bonchev–Trinajstić information content (AvgIpc) is 2.56. The van der Waals surface area contributed by atoms with Gasteiger partial charge in [-0.15, -0.1) is 0 Å². The summed E-state index contributed by atoms with van der Waals surface area (Å²) in [5.41, 5.74) is 11.3. The minimum absolute atomic E-state index is 0.244. The molecule has 0 fully saturated rings. The van der Waals surface area contributed by atoms with Gasteiger partial charge < -0.3 is 11.1 Å². The number of nitrogen functional groups attached to an aromatic ring is 1. The molecule has 26 heavy (non-hydrogen) atoms. The molecule has 0 radical (unpaired) electrons. The summed E-state index contributed by atoms with van der Waals surface area (Å²) < 4.78 is 0. The summed E-state index contributed by atoms with van der Waals surface area (Å²) in [5, 5.41) is 4.02. The van der Waals surface area contributed by atoms with E-state index in [0.29, 0.717) is 17.4 Å². The van der Waals surface area contributed by atoms with Crippen LogP contribution in [0.5, 0.6) is 0 Å². The van der Waals surface area contributed by atoms with Gasteiger partial charge in [0.15, 0.2) is 0 Å². The van der Waals surface area contributed by atoms with Gasteiger partial charge in [0.05, 0.1) is 5.69 Å². The minimum atomic E-state index is 0.244. The first-order valence-corrected chi connectivity index (χ1v) is 9.17. The number of rotatable bonds is 7. The van der Waals surface area contributed by atoms with Crippen molar-refractivity contribution in [1.82, 2.24) is 9.97 Å². The molecule has 1 aromatic heterocycles. The third kappa shape index (κ3) is 5.88. The van der Waals surface area contributed by atoms with Crippen molar-refractivity contribution < 1.29 is 0 Å². The fraction of sp³-hybridized carbons (Fsp3) is 0.333. The number of nitrogens with one attached hydrogen (secondary N) is 1. The third-order valence-corrected chi connectivity index (χ3v) is 4.52. The first-order valence-electron chi connectivity index (χ1n) is 8.79. The van der Waals surface area contributed by atoms with Crippen molar-refractivity contribution in [2.75, 3.05) is 17.6 Å². The van der Waals surface area contributed by atoms with Crippen LogP contribution in [0.1, 0.15) is 39.2 Å². The van der Waals surface area contributed by atoms with Crippen LogP contribution in [0.4, 0.5) is 11.8 Å². The summed E-state index contributed by atoms with van der Waals surface area (Å²) in [5.74, 6) is 0.953. The van der Waals surface area contributed by atoms with Crippen molar-refractivity contribution in [2.45, 2.75) is 40.5 Å². The molecule has 3 N–H and O–H groups in total. The normalized spacial score (nSPS) is 11.3. The Morgan fingerprint density at radius 2 is 1.96 bits per heavy atom. The molecule has 0 saturated carbocycles. The van der Waals surface area contributed by atoms with Gasteiger partial charge in [0.2, 0.25) is 5.95 Å². The molecular formula is C21H27ClN4. The molecule has 4 nitrogen and oxygen atoms in total. The van der Waals surface area contributed by atoms with Crippen LogP contribution in [0.2, 0.25) is 5.02 Å². The number of hydrogen-bond donors (Lipinski definition) is 2. The minimum Gasteiger partial charge on any atom is -0.368 e. The molecule has 0 unspecified atom stereocenters. The number of allylic oxidation sites excluding steroid dienone is 3. The molecule has 2 aromatic rings. The van der Waals surface area contributed by atoms with Crippen molar-refractivity contribution in [3.63, 3.8) is 0 Å². The average molecular weight is 371 g/mol.